The maximum atomic E-state index is 2.45. The van der Waals surface area contributed by atoms with Gasteiger partial charge < -0.3 is 4.57 Å². The molecule has 0 spiro atoms. The van der Waals surface area contributed by atoms with Gasteiger partial charge in [-0.15, -0.1) is 0 Å². The zero-order valence-electron chi connectivity index (χ0n) is 25.7. The normalized spacial score (nSPS) is 11.8. The number of benzene rings is 9. The number of aromatic nitrogens is 1. The summed E-state index contributed by atoms with van der Waals surface area (Å²) in [4.78, 5) is 0. The smallest absolute Gasteiger partial charge is 0.0547 e. The zero-order valence-corrected chi connectivity index (χ0v) is 25.7. The average Bonchev–Trinajstić information content (AvgIpc) is 3.48. The van der Waals surface area contributed by atoms with Gasteiger partial charge in [0, 0.05) is 16.2 Å². The second-order valence-corrected chi connectivity index (χ2v) is 12.5. The van der Waals surface area contributed by atoms with E-state index in [1.165, 1.54) is 92.8 Å². The fourth-order valence-electron chi connectivity index (χ4n) is 7.70. The van der Waals surface area contributed by atoms with Gasteiger partial charge in [0.05, 0.1) is 16.7 Å². The summed E-state index contributed by atoms with van der Waals surface area (Å²) in [6.45, 7) is 0. The molecule has 9 aromatic carbocycles. The molecule has 1 nitrogen and oxygen atoms in total. The highest BCUT2D eigenvalue weighted by Crippen LogP contribution is 2.40. The quantitative estimate of drug-likeness (QED) is 0.191. The molecule has 1 heterocycles. The SMILES string of the molecule is c1ccc2c(-c3ccc4cc(-c5ccc6ccc7c(c6c5)c5ccccc5n7-c5cccc6ccccc56)ccc4c3)cccc2c1. The number of rotatable bonds is 3. The fraction of sp³-hybridized carbons (Fsp3) is 0. The van der Waals surface area contributed by atoms with E-state index in [2.05, 4.69) is 180 Å². The van der Waals surface area contributed by atoms with Crippen LogP contribution in [-0.2, 0) is 0 Å². The number of hydrogen-bond donors (Lipinski definition) is 0. The maximum Gasteiger partial charge on any atom is 0.0547 e. The van der Waals surface area contributed by atoms with Gasteiger partial charge >= 0.3 is 0 Å². The van der Waals surface area contributed by atoms with Crippen molar-refractivity contribution in [2.45, 2.75) is 0 Å². The Kier molecular flexibility index (Phi) is 5.64. The Balaban J connectivity index is 1.14. The molecule has 218 valence electrons. The first-order valence-electron chi connectivity index (χ1n) is 16.3. The van der Waals surface area contributed by atoms with E-state index >= 15 is 0 Å². The highest BCUT2D eigenvalue weighted by molar-refractivity contribution is 6.22. The van der Waals surface area contributed by atoms with Gasteiger partial charge in [0.15, 0.2) is 0 Å². The van der Waals surface area contributed by atoms with Crippen LogP contribution >= 0.6 is 0 Å². The first-order chi connectivity index (χ1) is 23.3. The third-order valence-electron chi connectivity index (χ3n) is 9.94. The predicted octanol–water partition coefficient (Wildman–Crippen LogP) is 12.7. The second kappa shape index (κ2) is 10.2. The Bertz CT molecular complexity index is 2840. The number of fused-ring (bicyclic) bond motifs is 8. The molecule has 0 unspecified atom stereocenters. The molecule has 0 saturated heterocycles. The molecule has 0 N–H and O–H groups in total. The molecule has 0 aliphatic carbocycles. The minimum absolute atomic E-state index is 1.21. The summed E-state index contributed by atoms with van der Waals surface area (Å²) < 4.78 is 2.45. The van der Waals surface area contributed by atoms with Crippen LogP contribution in [0.1, 0.15) is 0 Å². The molecule has 10 aromatic rings. The van der Waals surface area contributed by atoms with E-state index in [9.17, 15) is 0 Å². The van der Waals surface area contributed by atoms with Gasteiger partial charge in [0.25, 0.3) is 0 Å². The molecule has 0 bridgehead atoms. The van der Waals surface area contributed by atoms with E-state index in [0.29, 0.717) is 0 Å². The third-order valence-corrected chi connectivity index (χ3v) is 9.94. The molecule has 0 fully saturated rings. The molecule has 47 heavy (non-hydrogen) atoms. The molecule has 0 aliphatic rings. The van der Waals surface area contributed by atoms with E-state index in [1.54, 1.807) is 0 Å². The summed E-state index contributed by atoms with van der Waals surface area (Å²) in [5.74, 6) is 0. The molecular formula is C46H29N. The van der Waals surface area contributed by atoms with E-state index < -0.39 is 0 Å². The van der Waals surface area contributed by atoms with Crippen molar-refractivity contribution in [2.75, 3.05) is 0 Å². The third kappa shape index (κ3) is 4.03. The molecule has 0 saturated carbocycles. The lowest BCUT2D eigenvalue weighted by molar-refractivity contribution is 1.20. The largest absolute Gasteiger partial charge is 0.309 e. The van der Waals surface area contributed by atoms with Crippen LogP contribution in [0.2, 0.25) is 0 Å². The van der Waals surface area contributed by atoms with Crippen molar-refractivity contribution in [2.24, 2.45) is 0 Å². The van der Waals surface area contributed by atoms with Crippen molar-refractivity contribution in [3.05, 3.63) is 176 Å². The highest BCUT2D eigenvalue weighted by atomic mass is 15.0. The molecule has 0 atom stereocenters. The number of hydrogen-bond acceptors (Lipinski definition) is 0. The molecule has 10 rings (SSSR count). The average molecular weight is 596 g/mol. The standard InChI is InChI=1S/C46H29N/c1-3-13-38-30(9-1)11-7-16-39(38)37-24-23-33-27-34(21-22-35(33)28-37)36-20-19-32-25-26-45-46(42(32)29-36)41-15-5-6-17-44(41)47(45)43-18-8-12-31-10-2-4-14-40(31)43/h1-29H. The zero-order chi connectivity index (χ0) is 30.9. The lowest BCUT2D eigenvalue weighted by Gasteiger charge is -2.12. The Morgan fingerprint density at radius 2 is 0.851 bits per heavy atom. The van der Waals surface area contributed by atoms with Gasteiger partial charge in [0.1, 0.15) is 0 Å². The molecule has 1 heteroatoms. The summed E-state index contributed by atoms with van der Waals surface area (Å²) in [6.07, 6.45) is 0. The van der Waals surface area contributed by atoms with Crippen LogP contribution < -0.4 is 0 Å². The Morgan fingerprint density at radius 1 is 0.298 bits per heavy atom. The van der Waals surface area contributed by atoms with Crippen molar-refractivity contribution in [1.29, 1.82) is 0 Å². The van der Waals surface area contributed by atoms with Crippen LogP contribution in [0.3, 0.4) is 0 Å². The lowest BCUT2D eigenvalue weighted by Crippen LogP contribution is -1.95. The Hall–Kier alpha value is -6.18. The van der Waals surface area contributed by atoms with Crippen LogP contribution in [0.4, 0.5) is 0 Å². The highest BCUT2D eigenvalue weighted by Gasteiger charge is 2.16. The van der Waals surface area contributed by atoms with Crippen molar-refractivity contribution >= 4 is 64.9 Å². The molecule has 0 aliphatic heterocycles. The van der Waals surface area contributed by atoms with Gasteiger partial charge in [-0.25, -0.2) is 0 Å². The fourth-order valence-corrected chi connectivity index (χ4v) is 7.70. The van der Waals surface area contributed by atoms with Crippen LogP contribution in [0.25, 0.3) is 92.8 Å². The van der Waals surface area contributed by atoms with Crippen molar-refractivity contribution < 1.29 is 0 Å². The second-order valence-electron chi connectivity index (χ2n) is 12.5. The summed E-state index contributed by atoms with van der Waals surface area (Å²) in [6, 6.07) is 64.6. The number of para-hydroxylation sites is 1. The summed E-state index contributed by atoms with van der Waals surface area (Å²) >= 11 is 0. The van der Waals surface area contributed by atoms with Crippen molar-refractivity contribution in [1.82, 2.24) is 4.57 Å². The summed E-state index contributed by atoms with van der Waals surface area (Å²) in [7, 11) is 0. The van der Waals surface area contributed by atoms with Gasteiger partial charge in [-0.05, 0) is 96.4 Å². The molecule has 1 aromatic heterocycles. The monoisotopic (exact) mass is 595 g/mol. The minimum atomic E-state index is 1.21. The van der Waals surface area contributed by atoms with Crippen molar-refractivity contribution in [3.8, 4) is 27.9 Å². The molecule has 0 radical (unpaired) electrons. The minimum Gasteiger partial charge on any atom is -0.309 e. The number of nitrogens with zero attached hydrogens (tertiary/aromatic N) is 1. The van der Waals surface area contributed by atoms with Gasteiger partial charge in [-0.2, -0.15) is 0 Å². The molecule has 0 amide bonds. The van der Waals surface area contributed by atoms with Gasteiger partial charge in [-0.3, -0.25) is 0 Å². The Morgan fingerprint density at radius 3 is 1.68 bits per heavy atom. The molecular weight excluding hydrogens is 567 g/mol. The topological polar surface area (TPSA) is 4.93 Å². The predicted molar refractivity (Wildman–Crippen MR) is 202 cm³/mol. The van der Waals surface area contributed by atoms with Gasteiger partial charge in [-0.1, -0.05) is 140 Å². The van der Waals surface area contributed by atoms with Gasteiger partial charge in [0.2, 0.25) is 0 Å². The first-order valence-corrected chi connectivity index (χ1v) is 16.3. The maximum absolute atomic E-state index is 2.45. The van der Waals surface area contributed by atoms with Crippen LogP contribution in [0.15, 0.2) is 176 Å². The van der Waals surface area contributed by atoms with Crippen LogP contribution in [0.5, 0.6) is 0 Å². The summed E-state index contributed by atoms with van der Waals surface area (Å²) in [5.41, 5.74) is 8.64. The van der Waals surface area contributed by atoms with E-state index in [0.717, 1.165) is 0 Å². The Labute approximate surface area is 272 Å². The van der Waals surface area contributed by atoms with Crippen molar-refractivity contribution in [3.63, 3.8) is 0 Å². The van der Waals surface area contributed by atoms with Crippen LogP contribution in [-0.4, -0.2) is 4.57 Å². The first kappa shape index (κ1) is 26.1. The van der Waals surface area contributed by atoms with Crippen LogP contribution in [0, 0.1) is 0 Å². The van der Waals surface area contributed by atoms with E-state index in [-0.39, 0.29) is 0 Å². The van der Waals surface area contributed by atoms with E-state index in [4.69, 9.17) is 0 Å². The lowest BCUT2D eigenvalue weighted by atomic mass is 9.94. The summed E-state index contributed by atoms with van der Waals surface area (Å²) in [5, 5.41) is 12.7. The van der Waals surface area contributed by atoms with E-state index in [1.807, 2.05) is 0 Å².